The second-order valence-corrected chi connectivity index (χ2v) is 5.20. The van der Waals surface area contributed by atoms with E-state index in [0.717, 1.165) is 24.0 Å². The van der Waals surface area contributed by atoms with Gasteiger partial charge in [-0.2, -0.15) is 0 Å². The molecule has 6 heteroatoms. The molecule has 1 saturated heterocycles. The number of nitrogens with one attached hydrogen (secondary N) is 2. The number of aromatic nitrogens is 3. The predicted octanol–water partition coefficient (Wildman–Crippen LogP) is 0.454. The Hall–Kier alpha value is -1.66. The van der Waals surface area contributed by atoms with E-state index in [4.69, 9.17) is 0 Å². The zero-order chi connectivity index (χ0) is 13.4. The first kappa shape index (κ1) is 12.4. The van der Waals surface area contributed by atoms with Gasteiger partial charge >= 0.3 is 0 Å². The van der Waals surface area contributed by atoms with E-state index in [1.165, 1.54) is 6.33 Å². The highest BCUT2D eigenvalue weighted by Crippen LogP contribution is 2.23. The van der Waals surface area contributed by atoms with Gasteiger partial charge in [0.2, 0.25) is 0 Å². The molecule has 102 valence electrons. The Morgan fingerprint density at radius 1 is 1.47 bits per heavy atom. The molecule has 0 spiro atoms. The number of likely N-dealkylation sites (tertiary alicyclic amines) is 1. The molecule has 1 fully saturated rings. The number of aliphatic hydroxyl groups is 1. The summed E-state index contributed by atoms with van der Waals surface area (Å²) >= 11 is 0. The van der Waals surface area contributed by atoms with Crippen LogP contribution in [0.5, 0.6) is 0 Å². The molecule has 6 nitrogen and oxygen atoms in total. The molecule has 3 heterocycles. The van der Waals surface area contributed by atoms with Crippen LogP contribution in [-0.2, 0) is 6.54 Å². The van der Waals surface area contributed by atoms with Crippen molar-refractivity contribution < 1.29 is 5.11 Å². The summed E-state index contributed by atoms with van der Waals surface area (Å²) in [6.45, 7) is 4.40. The van der Waals surface area contributed by atoms with Crippen LogP contribution >= 0.6 is 0 Å². The molecule has 0 unspecified atom stereocenters. The Kier molecular flexibility index (Phi) is 3.12. The van der Waals surface area contributed by atoms with Crippen molar-refractivity contribution in [3.05, 3.63) is 28.4 Å². The maximum Gasteiger partial charge on any atom is 0.275 e. The highest BCUT2D eigenvalue weighted by atomic mass is 16.3. The van der Waals surface area contributed by atoms with Crippen LogP contribution in [0, 0.1) is 5.92 Å². The number of β-amino-alcohol motifs (C(OH)–C–C–N with tert-alkyl or cyclic N) is 1. The van der Waals surface area contributed by atoms with Crippen LogP contribution in [0.25, 0.3) is 11.0 Å². The first-order valence-electron chi connectivity index (χ1n) is 6.63. The largest absolute Gasteiger partial charge is 0.391 e. The molecule has 3 rings (SSSR count). The Morgan fingerprint density at radius 2 is 2.32 bits per heavy atom. The third-order valence-corrected chi connectivity index (χ3v) is 3.95. The Bertz CT molecular complexity index is 633. The molecule has 3 N–H and O–H groups in total. The number of rotatable bonds is 3. The minimum Gasteiger partial charge on any atom is -0.391 e. The number of hydrogen-bond acceptors (Lipinski definition) is 4. The van der Waals surface area contributed by atoms with E-state index < -0.39 is 0 Å². The summed E-state index contributed by atoms with van der Waals surface area (Å²) in [5.41, 5.74) is 2.09. The van der Waals surface area contributed by atoms with Crippen molar-refractivity contribution in [1.82, 2.24) is 19.9 Å². The topological polar surface area (TPSA) is 85.0 Å². The maximum atomic E-state index is 11.6. The molecule has 0 aromatic carbocycles. The van der Waals surface area contributed by atoms with Gasteiger partial charge in [-0.05, 0) is 12.3 Å². The summed E-state index contributed by atoms with van der Waals surface area (Å²) in [5.74, 6) is 0.349. The van der Waals surface area contributed by atoms with Crippen molar-refractivity contribution in [1.29, 1.82) is 0 Å². The summed E-state index contributed by atoms with van der Waals surface area (Å²) < 4.78 is 0. The third-order valence-electron chi connectivity index (χ3n) is 3.95. The van der Waals surface area contributed by atoms with Gasteiger partial charge in [0.15, 0.2) is 0 Å². The van der Waals surface area contributed by atoms with Gasteiger partial charge in [0.25, 0.3) is 5.56 Å². The van der Waals surface area contributed by atoms with Crippen molar-refractivity contribution in [2.24, 2.45) is 5.92 Å². The van der Waals surface area contributed by atoms with Gasteiger partial charge in [0.1, 0.15) is 5.52 Å². The normalized spacial score (nSPS) is 24.3. The number of H-pyrrole nitrogens is 2. The van der Waals surface area contributed by atoms with E-state index in [2.05, 4.69) is 26.8 Å². The molecule has 1 aliphatic rings. The molecule has 2 aromatic rings. The maximum absolute atomic E-state index is 11.6. The average Bonchev–Trinajstić information content (AvgIpc) is 2.95. The number of aliphatic hydroxyl groups excluding tert-OH is 1. The lowest BCUT2D eigenvalue weighted by molar-refractivity contribution is 0.139. The molecule has 2 atom stereocenters. The Morgan fingerprint density at radius 3 is 3.05 bits per heavy atom. The van der Waals surface area contributed by atoms with E-state index in [-0.39, 0.29) is 11.7 Å². The second-order valence-electron chi connectivity index (χ2n) is 5.20. The molecule has 19 heavy (non-hydrogen) atoms. The Labute approximate surface area is 110 Å². The van der Waals surface area contributed by atoms with Crippen molar-refractivity contribution in [3.63, 3.8) is 0 Å². The monoisotopic (exact) mass is 262 g/mol. The van der Waals surface area contributed by atoms with Crippen LogP contribution in [0.3, 0.4) is 0 Å². The first-order valence-corrected chi connectivity index (χ1v) is 6.63. The van der Waals surface area contributed by atoms with Crippen LogP contribution in [0.15, 0.2) is 17.3 Å². The third kappa shape index (κ3) is 2.17. The fraction of sp³-hybridized carbons (Fsp3) is 0.538. The lowest BCUT2D eigenvalue weighted by atomic mass is 10.0. The van der Waals surface area contributed by atoms with Gasteiger partial charge in [-0.25, -0.2) is 4.98 Å². The van der Waals surface area contributed by atoms with Crippen molar-refractivity contribution in [3.8, 4) is 0 Å². The lowest BCUT2D eigenvalue weighted by Gasteiger charge is -2.14. The number of fused-ring (bicyclic) bond motifs is 1. The summed E-state index contributed by atoms with van der Waals surface area (Å²) in [6, 6.07) is 0. The minimum atomic E-state index is -0.244. The van der Waals surface area contributed by atoms with Gasteiger partial charge in [-0.1, -0.05) is 6.92 Å². The molecule has 2 aromatic heterocycles. The van der Waals surface area contributed by atoms with E-state index in [1.54, 1.807) is 0 Å². The average molecular weight is 262 g/mol. The smallest absolute Gasteiger partial charge is 0.275 e. The van der Waals surface area contributed by atoms with Crippen LogP contribution in [-0.4, -0.2) is 44.2 Å². The first-order chi connectivity index (χ1) is 9.19. The van der Waals surface area contributed by atoms with Gasteiger partial charge in [0.05, 0.1) is 17.9 Å². The molecule has 0 aliphatic carbocycles. The molecular weight excluding hydrogens is 244 g/mol. The van der Waals surface area contributed by atoms with Crippen LogP contribution in [0.1, 0.15) is 18.9 Å². The Balaban J connectivity index is 1.83. The highest BCUT2D eigenvalue weighted by Gasteiger charge is 2.30. The summed E-state index contributed by atoms with van der Waals surface area (Å²) in [7, 11) is 0. The van der Waals surface area contributed by atoms with E-state index in [1.807, 2.05) is 6.20 Å². The zero-order valence-corrected chi connectivity index (χ0v) is 10.9. The van der Waals surface area contributed by atoms with Crippen molar-refractivity contribution >= 4 is 11.0 Å². The molecule has 0 bridgehead atoms. The fourth-order valence-corrected chi connectivity index (χ4v) is 2.84. The highest BCUT2D eigenvalue weighted by molar-refractivity contribution is 5.77. The fourth-order valence-electron chi connectivity index (χ4n) is 2.84. The van der Waals surface area contributed by atoms with Crippen molar-refractivity contribution in [2.75, 3.05) is 13.1 Å². The van der Waals surface area contributed by atoms with Gasteiger partial charge in [-0.3, -0.25) is 9.69 Å². The lowest BCUT2D eigenvalue weighted by Crippen LogP contribution is -2.21. The minimum absolute atomic E-state index is 0.149. The number of nitrogens with zero attached hydrogens (tertiary/aromatic N) is 2. The zero-order valence-electron chi connectivity index (χ0n) is 10.9. The SMILES string of the molecule is CC[C@@H]1CN(Cc2c[nH]c3c(=O)[nH]cnc23)C[C@H]1O. The molecule has 1 aliphatic heterocycles. The molecule has 0 saturated carbocycles. The predicted molar refractivity (Wildman–Crippen MR) is 71.8 cm³/mol. The van der Waals surface area contributed by atoms with E-state index in [0.29, 0.717) is 24.5 Å². The molecule has 0 amide bonds. The standard InChI is InChI=1S/C13H18N4O2/c1-2-8-4-17(6-10(8)18)5-9-3-14-12-11(9)15-7-16-13(12)19/h3,7-8,10,14,18H,2,4-6H2,1H3,(H,15,16,19)/t8-,10-/m1/s1. The number of aromatic amines is 2. The van der Waals surface area contributed by atoms with Crippen LogP contribution in [0.2, 0.25) is 0 Å². The quantitative estimate of drug-likeness (QED) is 0.750. The molecule has 0 radical (unpaired) electrons. The molecular formula is C13H18N4O2. The van der Waals surface area contributed by atoms with Crippen molar-refractivity contribution in [2.45, 2.75) is 26.0 Å². The summed E-state index contributed by atoms with van der Waals surface area (Å²) in [4.78, 5) is 23.6. The van der Waals surface area contributed by atoms with Gasteiger partial charge < -0.3 is 15.1 Å². The second kappa shape index (κ2) is 4.79. The number of hydrogen-bond donors (Lipinski definition) is 3. The van der Waals surface area contributed by atoms with E-state index in [9.17, 15) is 9.90 Å². The van der Waals surface area contributed by atoms with Gasteiger partial charge in [0, 0.05) is 31.4 Å². The summed E-state index contributed by atoms with van der Waals surface area (Å²) in [5, 5.41) is 9.93. The van der Waals surface area contributed by atoms with Crippen LogP contribution in [0.4, 0.5) is 0 Å². The van der Waals surface area contributed by atoms with Crippen LogP contribution < -0.4 is 5.56 Å². The van der Waals surface area contributed by atoms with Gasteiger partial charge in [-0.15, -0.1) is 0 Å². The summed E-state index contributed by atoms with van der Waals surface area (Å²) in [6.07, 6.45) is 4.00. The van der Waals surface area contributed by atoms with E-state index >= 15 is 0 Å².